The zero-order chi connectivity index (χ0) is 28.1. The van der Waals surface area contributed by atoms with Gasteiger partial charge in [-0.3, -0.25) is 14.4 Å². The molecule has 4 aromatic rings. The van der Waals surface area contributed by atoms with Gasteiger partial charge in [-0.15, -0.1) is 5.10 Å². The maximum Gasteiger partial charge on any atom is 0.272 e. The number of likely N-dealkylation sites (N-methyl/N-ethyl adjacent to an activating group) is 1. The van der Waals surface area contributed by atoms with Gasteiger partial charge in [-0.25, -0.2) is 9.67 Å². The Morgan fingerprint density at radius 3 is 2.52 bits per heavy atom. The number of nitrogens with one attached hydrogen (secondary N) is 2. The van der Waals surface area contributed by atoms with Crippen LogP contribution in [0, 0.1) is 5.92 Å². The van der Waals surface area contributed by atoms with Gasteiger partial charge in [0.15, 0.2) is 12.3 Å². The van der Waals surface area contributed by atoms with Crippen molar-refractivity contribution in [3.05, 3.63) is 77.7 Å². The molecule has 1 saturated carbocycles. The van der Waals surface area contributed by atoms with E-state index in [4.69, 9.17) is 4.74 Å². The molecule has 1 aliphatic carbocycles. The maximum absolute atomic E-state index is 13.5. The van der Waals surface area contributed by atoms with Crippen molar-refractivity contribution in [1.29, 1.82) is 0 Å². The van der Waals surface area contributed by atoms with Crippen LogP contribution in [0.4, 0.5) is 5.69 Å². The number of fused-ring (bicyclic) bond motifs is 1. The molecule has 2 aromatic heterocycles. The molecule has 0 radical (unpaired) electrons. The second-order valence-electron chi connectivity index (χ2n) is 10.0. The van der Waals surface area contributed by atoms with Gasteiger partial charge >= 0.3 is 0 Å². The lowest BCUT2D eigenvalue weighted by Crippen LogP contribution is -2.33. The van der Waals surface area contributed by atoms with Crippen LogP contribution in [0.3, 0.4) is 0 Å². The third-order valence-corrected chi connectivity index (χ3v) is 7.01. The minimum Gasteiger partial charge on any atom is -0.468 e. The van der Waals surface area contributed by atoms with E-state index >= 15 is 0 Å². The number of rotatable bonds is 10. The minimum absolute atomic E-state index is 0.0228. The summed E-state index contributed by atoms with van der Waals surface area (Å²) >= 11 is 0. The van der Waals surface area contributed by atoms with E-state index in [9.17, 15) is 14.4 Å². The first kappa shape index (κ1) is 26.8. The van der Waals surface area contributed by atoms with Gasteiger partial charge in [0.2, 0.25) is 5.88 Å². The third kappa shape index (κ3) is 6.09. The van der Waals surface area contributed by atoms with Gasteiger partial charge in [0, 0.05) is 38.5 Å². The molecule has 2 heterocycles. The lowest BCUT2D eigenvalue weighted by atomic mass is 9.85. The van der Waals surface area contributed by atoms with E-state index in [0.717, 1.165) is 35.6 Å². The average Bonchev–Trinajstić information content (AvgIpc) is 3.44. The topological polar surface area (TPSA) is 131 Å². The summed E-state index contributed by atoms with van der Waals surface area (Å²) in [6.45, 7) is 0.827. The number of benzene rings is 2. The third-order valence-electron chi connectivity index (χ3n) is 7.01. The molecule has 11 heteroatoms. The highest BCUT2D eigenvalue weighted by Crippen LogP contribution is 2.27. The number of hydrogen-bond acceptors (Lipinski definition) is 7. The van der Waals surface area contributed by atoms with Crippen molar-refractivity contribution in [2.75, 3.05) is 32.6 Å². The lowest BCUT2D eigenvalue weighted by Gasteiger charge is -2.25. The second kappa shape index (κ2) is 11.9. The highest BCUT2D eigenvalue weighted by molar-refractivity contribution is 6.15. The number of pyridine rings is 1. The van der Waals surface area contributed by atoms with Crippen molar-refractivity contribution < 1.29 is 19.1 Å². The molecule has 0 unspecified atom stereocenters. The molecule has 206 valence electrons. The molecule has 0 atom stereocenters. The van der Waals surface area contributed by atoms with Crippen molar-refractivity contribution in [2.45, 2.75) is 25.8 Å². The average molecular weight is 542 g/mol. The van der Waals surface area contributed by atoms with Crippen molar-refractivity contribution >= 4 is 34.2 Å². The highest BCUT2D eigenvalue weighted by atomic mass is 16.5. The highest BCUT2D eigenvalue weighted by Gasteiger charge is 2.22. The molecule has 2 N–H and O–H groups in total. The first-order valence-corrected chi connectivity index (χ1v) is 13.2. The Balaban J connectivity index is 1.40. The van der Waals surface area contributed by atoms with Crippen LogP contribution in [0.1, 0.15) is 45.7 Å². The molecule has 3 amide bonds. The standard InChI is InChI=1S/C29H31N7O4/c1-35(2)26(37)18-40-25-13-12-24(27(33-25)29(39)30-16-19-6-5-7-19)32-28(38)23-11-10-20(17-36-15-14-31-34-36)21-8-3-4-9-22(21)23/h3-4,8-15,19H,5-7,16-18H2,1-2H3,(H,30,39)(H,32,38). The Kier molecular flexibility index (Phi) is 7.99. The van der Waals surface area contributed by atoms with Crippen LogP contribution in [0.5, 0.6) is 5.88 Å². The predicted molar refractivity (Wildman–Crippen MR) is 149 cm³/mol. The molecule has 0 bridgehead atoms. The summed E-state index contributed by atoms with van der Waals surface area (Å²) in [5, 5.41) is 15.4. The van der Waals surface area contributed by atoms with Gasteiger partial charge in [-0.2, -0.15) is 0 Å². The Hall–Kier alpha value is -4.80. The summed E-state index contributed by atoms with van der Waals surface area (Å²) in [6, 6.07) is 14.4. The van der Waals surface area contributed by atoms with Gasteiger partial charge in [-0.1, -0.05) is 42.0 Å². The fourth-order valence-corrected chi connectivity index (χ4v) is 4.46. The summed E-state index contributed by atoms with van der Waals surface area (Å²) in [5.74, 6) is -0.477. The fraction of sp³-hybridized carbons (Fsp3) is 0.310. The van der Waals surface area contributed by atoms with Crippen LogP contribution in [-0.2, 0) is 11.3 Å². The number of nitrogens with zero attached hydrogens (tertiary/aromatic N) is 5. The zero-order valence-electron chi connectivity index (χ0n) is 22.5. The van der Waals surface area contributed by atoms with Crippen LogP contribution >= 0.6 is 0 Å². The summed E-state index contributed by atoms with van der Waals surface area (Å²) in [7, 11) is 3.25. The number of anilines is 1. The Labute approximate surface area is 231 Å². The molecule has 2 aromatic carbocycles. The van der Waals surface area contributed by atoms with Gasteiger partial charge < -0.3 is 20.3 Å². The SMILES string of the molecule is CN(C)C(=O)COc1ccc(NC(=O)c2ccc(Cn3ccnn3)c3ccccc23)c(C(=O)NCC2CCC2)n1. The van der Waals surface area contributed by atoms with Crippen LogP contribution in [-0.4, -0.2) is 69.8 Å². The molecule has 0 spiro atoms. The quantitative estimate of drug-likeness (QED) is 0.315. The van der Waals surface area contributed by atoms with Gasteiger partial charge in [-0.05, 0) is 47.2 Å². The van der Waals surface area contributed by atoms with E-state index in [-0.39, 0.29) is 35.7 Å². The van der Waals surface area contributed by atoms with E-state index in [0.29, 0.717) is 24.6 Å². The van der Waals surface area contributed by atoms with E-state index in [2.05, 4.69) is 25.9 Å². The second-order valence-corrected chi connectivity index (χ2v) is 10.0. The van der Waals surface area contributed by atoms with Crippen LogP contribution < -0.4 is 15.4 Å². The molecule has 1 fully saturated rings. The number of ether oxygens (including phenoxy) is 1. The summed E-state index contributed by atoms with van der Waals surface area (Å²) < 4.78 is 7.25. The lowest BCUT2D eigenvalue weighted by molar-refractivity contribution is -0.130. The molecule has 1 aliphatic rings. The molecule has 5 rings (SSSR count). The van der Waals surface area contributed by atoms with Crippen LogP contribution in [0.2, 0.25) is 0 Å². The van der Waals surface area contributed by atoms with E-state index in [1.54, 1.807) is 43.3 Å². The van der Waals surface area contributed by atoms with E-state index in [1.807, 2.05) is 30.3 Å². The van der Waals surface area contributed by atoms with Crippen molar-refractivity contribution in [2.24, 2.45) is 5.92 Å². The first-order chi connectivity index (χ1) is 19.4. The summed E-state index contributed by atoms with van der Waals surface area (Å²) in [5.41, 5.74) is 1.72. The Morgan fingerprint density at radius 2 is 1.82 bits per heavy atom. The van der Waals surface area contributed by atoms with E-state index in [1.165, 1.54) is 11.0 Å². The molecular formula is C29H31N7O4. The summed E-state index contributed by atoms with van der Waals surface area (Å²) in [4.78, 5) is 44.4. The number of carbonyl (C=O) groups excluding carboxylic acids is 3. The first-order valence-electron chi connectivity index (χ1n) is 13.2. The molecular weight excluding hydrogens is 510 g/mol. The summed E-state index contributed by atoms with van der Waals surface area (Å²) in [6.07, 6.45) is 6.72. The van der Waals surface area contributed by atoms with Gasteiger partial charge in [0.05, 0.1) is 18.4 Å². The van der Waals surface area contributed by atoms with Crippen molar-refractivity contribution in [3.63, 3.8) is 0 Å². The molecule has 11 nitrogen and oxygen atoms in total. The molecule has 0 aliphatic heterocycles. The monoisotopic (exact) mass is 541 g/mol. The predicted octanol–water partition coefficient (Wildman–Crippen LogP) is 3.12. The Bertz CT molecular complexity index is 1530. The number of aromatic nitrogens is 4. The normalized spacial score (nSPS) is 12.9. The van der Waals surface area contributed by atoms with E-state index < -0.39 is 5.91 Å². The largest absolute Gasteiger partial charge is 0.468 e. The van der Waals surface area contributed by atoms with Gasteiger partial charge in [0.25, 0.3) is 17.7 Å². The maximum atomic E-state index is 13.5. The van der Waals surface area contributed by atoms with Crippen molar-refractivity contribution in [3.8, 4) is 5.88 Å². The fourth-order valence-electron chi connectivity index (χ4n) is 4.46. The number of carbonyl (C=O) groups is 3. The smallest absolute Gasteiger partial charge is 0.272 e. The van der Waals surface area contributed by atoms with Crippen molar-refractivity contribution in [1.82, 2.24) is 30.2 Å². The van der Waals surface area contributed by atoms with Crippen LogP contribution in [0.15, 0.2) is 60.9 Å². The molecule has 40 heavy (non-hydrogen) atoms. The minimum atomic E-state index is -0.417. The van der Waals surface area contributed by atoms with Gasteiger partial charge in [0.1, 0.15) is 0 Å². The van der Waals surface area contributed by atoms with Crippen LogP contribution in [0.25, 0.3) is 10.8 Å². The number of amides is 3. The number of hydrogen-bond donors (Lipinski definition) is 2. The zero-order valence-corrected chi connectivity index (χ0v) is 22.5. The Morgan fingerprint density at radius 1 is 1.02 bits per heavy atom. The molecule has 0 saturated heterocycles.